The molecular formula is C22H22N4O3S2. The van der Waals surface area contributed by atoms with Crippen LogP contribution in [-0.4, -0.2) is 54.9 Å². The van der Waals surface area contributed by atoms with E-state index < -0.39 is 10.0 Å². The first-order valence-electron chi connectivity index (χ1n) is 10.2. The molecule has 0 bridgehead atoms. The van der Waals surface area contributed by atoms with Crippen LogP contribution in [0.1, 0.15) is 28.8 Å². The van der Waals surface area contributed by atoms with E-state index in [1.807, 2.05) is 24.3 Å². The quantitative estimate of drug-likeness (QED) is 0.748. The zero-order chi connectivity index (χ0) is 21.4. The number of fused-ring (bicyclic) bond motifs is 1. The van der Waals surface area contributed by atoms with Crippen LogP contribution in [0.25, 0.3) is 5.70 Å². The lowest BCUT2D eigenvalue weighted by molar-refractivity contribution is 0.102. The number of anilines is 1. The van der Waals surface area contributed by atoms with Crippen LogP contribution >= 0.6 is 11.8 Å². The molecule has 3 aliphatic rings. The lowest BCUT2D eigenvalue weighted by atomic mass is 10.1. The lowest BCUT2D eigenvalue weighted by Gasteiger charge is -2.17. The van der Waals surface area contributed by atoms with Crippen LogP contribution in [-0.2, 0) is 10.0 Å². The van der Waals surface area contributed by atoms with Gasteiger partial charge in [-0.15, -0.1) is 0 Å². The molecule has 0 atom stereocenters. The third kappa shape index (κ3) is 3.88. The SMILES string of the molecule is O=C(Nc1ccc(C2=CSC3=NCCN23)cc1)c1ccc(S(=O)(=O)N2CCCC2)cc1. The Morgan fingerprint density at radius 1 is 0.968 bits per heavy atom. The summed E-state index contributed by atoms with van der Waals surface area (Å²) in [6, 6.07) is 13.8. The van der Waals surface area contributed by atoms with E-state index in [2.05, 4.69) is 20.6 Å². The molecular weight excluding hydrogens is 432 g/mol. The Morgan fingerprint density at radius 3 is 2.39 bits per heavy atom. The van der Waals surface area contributed by atoms with Crippen molar-refractivity contribution >= 4 is 44.2 Å². The monoisotopic (exact) mass is 454 g/mol. The van der Waals surface area contributed by atoms with Gasteiger partial charge in [-0.3, -0.25) is 9.79 Å². The molecule has 2 aromatic rings. The number of sulfonamides is 1. The molecule has 9 heteroatoms. The third-order valence-corrected chi connectivity index (χ3v) is 8.44. The molecule has 31 heavy (non-hydrogen) atoms. The number of benzene rings is 2. The van der Waals surface area contributed by atoms with Crippen molar-refractivity contribution in [3.8, 4) is 0 Å². The minimum atomic E-state index is -3.48. The van der Waals surface area contributed by atoms with Gasteiger partial charge in [-0.05, 0) is 54.8 Å². The number of amidine groups is 1. The lowest BCUT2D eigenvalue weighted by Crippen LogP contribution is -2.27. The fourth-order valence-corrected chi connectivity index (χ4v) is 6.41. The van der Waals surface area contributed by atoms with Crippen LogP contribution in [0.5, 0.6) is 0 Å². The van der Waals surface area contributed by atoms with Crippen LogP contribution in [0.15, 0.2) is 63.8 Å². The standard InChI is InChI=1S/C22H22N4O3S2/c27-21(17-5-9-19(10-6-17)31(28,29)25-12-1-2-13-25)24-18-7-3-16(4-8-18)20-15-30-22-23-11-14-26(20)22/h3-10,15H,1-2,11-14H2,(H,24,27). The van der Waals surface area contributed by atoms with Gasteiger partial charge in [-0.2, -0.15) is 4.31 Å². The molecule has 1 fully saturated rings. The average Bonchev–Trinajstić information content (AvgIpc) is 3.53. The van der Waals surface area contributed by atoms with Gasteiger partial charge in [0.15, 0.2) is 5.17 Å². The summed E-state index contributed by atoms with van der Waals surface area (Å²) in [5, 5.41) is 6.02. The number of nitrogens with zero attached hydrogens (tertiary/aromatic N) is 3. The van der Waals surface area contributed by atoms with Crippen LogP contribution in [0.3, 0.4) is 0 Å². The van der Waals surface area contributed by atoms with Gasteiger partial charge in [-0.25, -0.2) is 8.42 Å². The summed E-state index contributed by atoms with van der Waals surface area (Å²) in [4.78, 5) is 19.5. The number of hydrogen-bond acceptors (Lipinski definition) is 6. The number of carbonyl (C=O) groups is 1. The van der Waals surface area contributed by atoms with Crippen molar-refractivity contribution < 1.29 is 13.2 Å². The molecule has 0 aromatic heterocycles. The maximum Gasteiger partial charge on any atom is 0.255 e. The Bertz CT molecular complexity index is 1170. The Labute approximate surface area is 185 Å². The molecule has 0 spiro atoms. The number of thioether (sulfide) groups is 1. The normalized spacial score (nSPS) is 18.6. The van der Waals surface area contributed by atoms with Crippen molar-refractivity contribution in [2.75, 3.05) is 31.5 Å². The van der Waals surface area contributed by atoms with E-state index in [1.165, 1.54) is 16.4 Å². The van der Waals surface area contributed by atoms with E-state index in [1.54, 1.807) is 23.9 Å². The first-order chi connectivity index (χ1) is 15.0. The highest BCUT2D eigenvalue weighted by molar-refractivity contribution is 8.16. The second kappa shape index (κ2) is 8.14. The molecule has 0 radical (unpaired) electrons. The molecule has 1 saturated heterocycles. The predicted octanol–water partition coefficient (Wildman–Crippen LogP) is 3.44. The van der Waals surface area contributed by atoms with E-state index in [0.717, 1.165) is 42.4 Å². The molecule has 2 aromatic carbocycles. The zero-order valence-corrected chi connectivity index (χ0v) is 18.5. The summed E-state index contributed by atoms with van der Waals surface area (Å²) < 4.78 is 26.7. The first kappa shape index (κ1) is 20.3. The van der Waals surface area contributed by atoms with Gasteiger partial charge in [0.2, 0.25) is 10.0 Å². The molecule has 1 amide bonds. The van der Waals surface area contributed by atoms with E-state index in [0.29, 0.717) is 24.3 Å². The fraction of sp³-hybridized carbons (Fsp3) is 0.273. The van der Waals surface area contributed by atoms with E-state index in [4.69, 9.17) is 0 Å². The molecule has 0 saturated carbocycles. The van der Waals surface area contributed by atoms with Gasteiger partial charge in [0.05, 0.1) is 17.1 Å². The Morgan fingerprint density at radius 2 is 1.68 bits per heavy atom. The van der Waals surface area contributed by atoms with Gasteiger partial charge in [0.25, 0.3) is 5.91 Å². The summed E-state index contributed by atoms with van der Waals surface area (Å²) in [5.74, 6) is -0.275. The molecule has 0 aliphatic carbocycles. The number of nitrogens with one attached hydrogen (secondary N) is 1. The molecule has 5 rings (SSSR count). The maximum atomic E-state index is 12.6. The van der Waals surface area contributed by atoms with E-state index in [9.17, 15) is 13.2 Å². The number of hydrogen-bond donors (Lipinski definition) is 1. The van der Waals surface area contributed by atoms with Crippen LogP contribution < -0.4 is 5.32 Å². The zero-order valence-electron chi connectivity index (χ0n) is 16.8. The first-order valence-corrected chi connectivity index (χ1v) is 12.6. The van der Waals surface area contributed by atoms with Crippen molar-refractivity contribution in [3.05, 3.63) is 65.1 Å². The number of amides is 1. The smallest absolute Gasteiger partial charge is 0.255 e. The van der Waals surface area contributed by atoms with Gasteiger partial charge in [-0.1, -0.05) is 23.9 Å². The minimum absolute atomic E-state index is 0.225. The Balaban J connectivity index is 1.25. The second-order valence-electron chi connectivity index (χ2n) is 7.60. The topological polar surface area (TPSA) is 82.1 Å². The molecule has 1 N–H and O–H groups in total. The Kier molecular flexibility index (Phi) is 5.33. The summed E-state index contributed by atoms with van der Waals surface area (Å²) in [6.45, 7) is 2.84. The van der Waals surface area contributed by atoms with Crippen molar-refractivity contribution in [1.29, 1.82) is 0 Å². The highest BCUT2D eigenvalue weighted by Crippen LogP contribution is 2.35. The molecule has 160 valence electrons. The molecule has 7 nitrogen and oxygen atoms in total. The van der Waals surface area contributed by atoms with Crippen molar-refractivity contribution in [1.82, 2.24) is 9.21 Å². The summed E-state index contributed by atoms with van der Waals surface area (Å²) in [7, 11) is -3.48. The van der Waals surface area contributed by atoms with Gasteiger partial charge in [0, 0.05) is 36.3 Å². The van der Waals surface area contributed by atoms with Crippen LogP contribution in [0, 0.1) is 0 Å². The van der Waals surface area contributed by atoms with Crippen LogP contribution in [0.4, 0.5) is 5.69 Å². The predicted molar refractivity (Wildman–Crippen MR) is 123 cm³/mol. The largest absolute Gasteiger partial charge is 0.322 e. The van der Waals surface area contributed by atoms with Crippen molar-refractivity contribution in [2.45, 2.75) is 17.7 Å². The summed E-state index contributed by atoms with van der Waals surface area (Å²) in [6.07, 6.45) is 1.78. The number of aliphatic imine (C=N–C) groups is 1. The van der Waals surface area contributed by atoms with Crippen molar-refractivity contribution in [2.24, 2.45) is 4.99 Å². The molecule has 3 heterocycles. The van der Waals surface area contributed by atoms with Crippen LogP contribution in [0.2, 0.25) is 0 Å². The summed E-state index contributed by atoms with van der Waals surface area (Å²) in [5.41, 5.74) is 3.31. The maximum absolute atomic E-state index is 12.6. The average molecular weight is 455 g/mol. The van der Waals surface area contributed by atoms with E-state index in [-0.39, 0.29) is 10.8 Å². The number of rotatable bonds is 5. The van der Waals surface area contributed by atoms with Gasteiger partial charge in [0.1, 0.15) is 0 Å². The van der Waals surface area contributed by atoms with Gasteiger partial charge >= 0.3 is 0 Å². The number of carbonyl (C=O) groups excluding carboxylic acids is 1. The van der Waals surface area contributed by atoms with E-state index >= 15 is 0 Å². The fourth-order valence-electron chi connectivity index (χ4n) is 3.93. The highest BCUT2D eigenvalue weighted by atomic mass is 32.2. The summed E-state index contributed by atoms with van der Waals surface area (Å²) >= 11 is 1.64. The third-order valence-electron chi connectivity index (χ3n) is 5.63. The minimum Gasteiger partial charge on any atom is -0.322 e. The van der Waals surface area contributed by atoms with Gasteiger partial charge < -0.3 is 10.2 Å². The molecule has 0 unspecified atom stereocenters. The van der Waals surface area contributed by atoms with Crippen molar-refractivity contribution in [3.63, 3.8) is 0 Å². The highest BCUT2D eigenvalue weighted by Gasteiger charge is 2.28. The molecule has 3 aliphatic heterocycles. The Hall–Kier alpha value is -2.62. The second-order valence-corrected chi connectivity index (χ2v) is 10.4.